The van der Waals surface area contributed by atoms with Crippen LogP contribution in [-0.4, -0.2) is 33.8 Å². The van der Waals surface area contributed by atoms with Gasteiger partial charge in [-0.2, -0.15) is 5.26 Å². The van der Waals surface area contributed by atoms with Crippen molar-refractivity contribution in [1.29, 1.82) is 5.26 Å². The zero-order chi connectivity index (χ0) is 18.2. The van der Waals surface area contributed by atoms with Crippen LogP contribution in [0.15, 0.2) is 58.9 Å². The van der Waals surface area contributed by atoms with E-state index in [4.69, 9.17) is 10.00 Å². The van der Waals surface area contributed by atoms with E-state index in [1.807, 2.05) is 36.4 Å². The van der Waals surface area contributed by atoms with E-state index in [0.29, 0.717) is 22.2 Å². The number of thioether (sulfide) groups is 1. The highest BCUT2D eigenvalue weighted by Crippen LogP contribution is 2.28. The van der Waals surface area contributed by atoms with Gasteiger partial charge in [0, 0.05) is 11.4 Å². The maximum atomic E-state index is 10.1. The van der Waals surface area contributed by atoms with Gasteiger partial charge in [0.15, 0.2) is 4.34 Å². The molecular weight excluding hydrogens is 368 g/mol. The summed E-state index contributed by atoms with van der Waals surface area (Å²) in [6, 6.07) is 18.6. The van der Waals surface area contributed by atoms with Crippen LogP contribution < -0.4 is 10.1 Å². The van der Waals surface area contributed by atoms with E-state index in [1.165, 1.54) is 23.1 Å². The molecule has 0 aliphatic rings. The van der Waals surface area contributed by atoms with Crippen LogP contribution in [0.1, 0.15) is 5.56 Å². The Balaban J connectivity index is 1.43. The van der Waals surface area contributed by atoms with Gasteiger partial charge >= 0.3 is 0 Å². The number of aliphatic hydroxyl groups is 1. The highest BCUT2D eigenvalue weighted by molar-refractivity contribution is 8.01. The minimum atomic E-state index is -0.634. The fourth-order valence-electron chi connectivity index (χ4n) is 2.00. The second kappa shape index (κ2) is 9.20. The van der Waals surface area contributed by atoms with Gasteiger partial charge < -0.3 is 15.2 Å². The smallest absolute Gasteiger partial charge is 0.210 e. The molecule has 0 saturated carbocycles. The Morgan fingerprint density at radius 1 is 1.15 bits per heavy atom. The number of hydrogen-bond acceptors (Lipinski definition) is 8. The molecule has 3 aromatic rings. The summed E-state index contributed by atoms with van der Waals surface area (Å²) < 4.78 is 6.30. The molecule has 1 unspecified atom stereocenters. The topological polar surface area (TPSA) is 91.1 Å². The number of aliphatic hydroxyl groups excluding tert-OH is 1. The van der Waals surface area contributed by atoms with E-state index in [9.17, 15) is 5.11 Å². The second-order valence-electron chi connectivity index (χ2n) is 5.28. The molecule has 26 heavy (non-hydrogen) atoms. The first-order chi connectivity index (χ1) is 12.7. The molecule has 2 aromatic carbocycles. The maximum absolute atomic E-state index is 10.1. The van der Waals surface area contributed by atoms with E-state index in [-0.39, 0.29) is 6.61 Å². The standard InChI is InChI=1S/C18H16N4O2S2/c19-10-13-6-8-16(9-7-13)24-11-15(23)12-25-18-22-21-17(26-18)20-14-4-2-1-3-5-14/h1-9,15,23H,11-12H2,(H,20,21). The predicted octanol–water partition coefficient (Wildman–Crippen LogP) is 3.69. The van der Waals surface area contributed by atoms with Crippen molar-refractivity contribution in [3.63, 3.8) is 0 Å². The second-order valence-corrected chi connectivity index (χ2v) is 7.52. The summed E-state index contributed by atoms with van der Waals surface area (Å²) in [6.07, 6.45) is -0.634. The summed E-state index contributed by atoms with van der Waals surface area (Å²) in [5, 5.41) is 30.9. The number of para-hydroxylation sites is 1. The molecule has 0 aliphatic carbocycles. The fraction of sp³-hybridized carbons (Fsp3) is 0.167. The Morgan fingerprint density at radius 2 is 1.92 bits per heavy atom. The first-order valence-electron chi connectivity index (χ1n) is 7.82. The maximum Gasteiger partial charge on any atom is 0.210 e. The third kappa shape index (κ3) is 5.46. The van der Waals surface area contributed by atoms with Gasteiger partial charge in [-0.15, -0.1) is 10.2 Å². The minimum absolute atomic E-state index is 0.173. The summed E-state index contributed by atoms with van der Waals surface area (Å²) in [5.74, 6) is 1.08. The lowest BCUT2D eigenvalue weighted by Crippen LogP contribution is -2.20. The summed E-state index contributed by atoms with van der Waals surface area (Å²) in [4.78, 5) is 0. The monoisotopic (exact) mass is 384 g/mol. The van der Waals surface area contributed by atoms with E-state index in [2.05, 4.69) is 15.5 Å². The summed E-state index contributed by atoms with van der Waals surface area (Å²) in [7, 11) is 0. The largest absolute Gasteiger partial charge is 0.491 e. The first kappa shape index (κ1) is 18.2. The molecule has 0 spiro atoms. The van der Waals surface area contributed by atoms with Crippen molar-refractivity contribution in [3.05, 3.63) is 60.2 Å². The van der Waals surface area contributed by atoms with Crippen molar-refractivity contribution in [2.75, 3.05) is 17.7 Å². The number of nitriles is 1. The summed E-state index contributed by atoms with van der Waals surface area (Å²) in [6.45, 7) is 0.173. The van der Waals surface area contributed by atoms with E-state index >= 15 is 0 Å². The quantitative estimate of drug-likeness (QED) is 0.572. The van der Waals surface area contributed by atoms with Gasteiger partial charge in [0.1, 0.15) is 12.4 Å². The molecule has 1 atom stereocenters. The molecule has 1 heterocycles. The zero-order valence-corrected chi connectivity index (χ0v) is 15.3. The number of ether oxygens (including phenoxy) is 1. The van der Waals surface area contributed by atoms with Crippen LogP contribution in [0.3, 0.4) is 0 Å². The number of hydrogen-bond donors (Lipinski definition) is 2. The zero-order valence-electron chi connectivity index (χ0n) is 13.7. The SMILES string of the molecule is N#Cc1ccc(OCC(O)CSc2nnc(Nc3ccccc3)s2)cc1. The lowest BCUT2D eigenvalue weighted by atomic mass is 10.2. The number of benzene rings is 2. The lowest BCUT2D eigenvalue weighted by Gasteiger charge is -2.11. The van der Waals surface area contributed by atoms with Crippen molar-refractivity contribution in [3.8, 4) is 11.8 Å². The average Bonchev–Trinajstić information content (AvgIpc) is 3.13. The highest BCUT2D eigenvalue weighted by Gasteiger charge is 2.10. The van der Waals surface area contributed by atoms with Crippen molar-refractivity contribution in [2.24, 2.45) is 0 Å². The average molecular weight is 384 g/mol. The summed E-state index contributed by atoms with van der Waals surface area (Å²) in [5.41, 5.74) is 1.53. The van der Waals surface area contributed by atoms with Crippen molar-refractivity contribution >= 4 is 33.9 Å². The molecule has 132 valence electrons. The molecule has 6 nitrogen and oxygen atoms in total. The molecule has 1 aromatic heterocycles. The van der Waals surface area contributed by atoms with Gasteiger partial charge in [-0.3, -0.25) is 0 Å². The Hall–Kier alpha value is -2.60. The molecule has 0 fully saturated rings. The number of aromatic nitrogens is 2. The fourth-order valence-corrected chi connectivity index (χ4v) is 3.70. The Kier molecular flexibility index (Phi) is 6.44. The third-order valence-corrected chi connectivity index (χ3v) is 5.37. The number of nitrogens with one attached hydrogen (secondary N) is 1. The molecule has 2 N–H and O–H groups in total. The number of rotatable bonds is 8. The van der Waals surface area contributed by atoms with Crippen LogP contribution in [0.4, 0.5) is 10.8 Å². The highest BCUT2D eigenvalue weighted by atomic mass is 32.2. The number of nitrogens with zero attached hydrogens (tertiary/aromatic N) is 3. The van der Waals surface area contributed by atoms with Crippen molar-refractivity contribution in [2.45, 2.75) is 10.4 Å². The van der Waals surface area contributed by atoms with Crippen LogP contribution in [0.5, 0.6) is 5.75 Å². The van der Waals surface area contributed by atoms with Crippen LogP contribution in [0.2, 0.25) is 0 Å². The Bertz CT molecular complexity index is 863. The van der Waals surface area contributed by atoms with Crippen LogP contribution in [-0.2, 0) is 0 Å². The molecule has 3 rings (SSSR count). The molecular formula is C18H16N4O2S2. The van der Waals surface area contributed by atoms with Gasteiger partial charge in [-0.1, -0.05) is 41.3 Å². The van der Waals surface area contributed by atoms with Crippen LogP contribution >= 0.6 is 23.1 Å². The van der Waals surface area contributed by atoms with Crippen LogP contribution in [0.25, 0.3) is 0 Å². The lowest BCUT2D eigenvalue weighted by molar-refractivity contribution is 0.126. The van der Waals surface area contributed by atoms with Gasteiger partial charge in [0.2, 0.25) is 5.13 Å². The molecule has 0 saturated heterocycles. The van der Waals surface area contributed by atoms with Gasteiger partial charge in [0.25, 0.3) is 0 Å². The van der Waals surface area contributed by atoms with Gasteiger partial charge in [-0.05, 0) is 36.4 Å². The van der Waals surface area contributed by atoms with E-state index < -0.39 is 6.10 Å². The Morgan fingerprint density at radius 3 is 2.65 bits per heavy atom. The van der Waals surface area contributed by atoms with Crippen molar-refractivity contribution < 1.29 is 9.84 Å². The predicted molar refractivity (Wildman–Crippen MR) is 103 cm³/mol. The minimum Gasteiger partial charge on any atom is -0.491 e. The Labute approximate surface area is 159 Å². The summed E-state index contributed by atoms with van der Waals surface area (Å²) >= 11 is 2.87. The molecule has 0 bridgehead atoms. The first-order valence-corrected chi connectivity index (χ1v) is 9.62. The molecule has 0 amide bonds. The van der Waals surface area contributed by atoms with Crippen LogP contribution in [0, 0.1) is 11.3 Å². The van der Waals surface area contributed by atoms with Gasteiger partial charge in [-0.25, -0.2) is 0 Å². The number of anilines is 2. The molecule has 0 radical (unpaired) electrons. The normalized spacial score (nSPS) is 11.5. The van der Waals surface area contributed by atoms with E-state index in [1.54, 1.807) is 24.3 Å². The third-order valence-electron chi connectivity index (χ3n) is 3.26. The van der Waals surface area contributed by atoms with Crippen molar-refractivity contribution in [1.82, 2.24) is 10.2 Å². The molecule has 8 heteroatoms. The molecule has 0 aliphatic heterocycles. The van der Waals surface area contributed by atoms with E-state index in [0.717, 1.165) is 10.0 Å². The van der Waals surface area contributed by atoms with Gasteiger partial charge in [0.05, 0.1) is 17.7 Å².